The fraction of sp³-hybridized carbons (Fsp3) is 0.200. The van der Waals surface area contributed by atoms with E-state index < -0.39 is 0 Å². The van der Waals surface area contributed by atoms with Crippen LogP contribution >= 0.6 is 0 Å². The minimum absolute atomic E-state index is 0.0527. The average molecular weight is 273 g/mol. The maximum absolute atomic E-state index is 12.7. The number of pyridine rings is 1. The minimum atomic E-state index is -0.326. The molecule has 20 heavy (non-hydrogen) atoms. The molecule has 0 fully saturated rings. The van der Waals surface area contributed by atoms with Crippen LogP contribution in [0, 0.1) is 5.82 Å². The monoisotopic (exact) mass is 273 g/mol. The third-order valence-electron chi connectivity index (χ3n) is 2.90. The highest BCUT2D eigenvalue weighted by Crippen LogP contribution is 2.10. The molecule has 4 nitrogen and oxygen atoms in total. The van der Waals surface area contributed by atoms with E-state index in [-0.39, 0.29) is 24.3 Å². The first-order chi connectivity index (χ1) is 9.65. The van der Waals surface area contributed by atoms with E-state index in [1.54, 1.807) is 12.4 Å². The normalized spacial score (nSPS) is 11.9. The van der Waals surface area contributed by atoms with E-state index in [4.69, 9.17) is 0 Å². The summed E-state index contributed by atoms with van der Waals surface area (Å²) in [6.07, 6.45) is 3.43. The van der Waals surface area contributed by atoms with Gasteiger partial charge in [-0.15, -0.1) is 0 Å². The van der Waals surface area contributed by atoms with Crippen molar-refractivity contribution in [1.82, 2.24) is 10.3 Å². The molecule has 2 rings (SSSR count). The summed E-state index contributed by atoms with van der Waals surface area (Å²) in [6, 6.07) is 9.52. The zero-order chi connectivity index (χ0) is 14.4. The van der Waals surface area contributed by atoms with Gasteiger partial charge in [-0.05, 0) is 48.9 Å². The molecular formula is C15H16FN3O. The van der Waals surface area contributed by atoms with Crippen LogP contribution < -0.4 is 10.6 Å². The van der Waals surface area contributed by atoms with Crippen LogP contribution in [0.5, 0.6) is 0 Å². The van der Waals surface area contributed by atoms with Gasteiger partial charge in [-0.1, -0.05) is 0 Å². The van der Waals surface area contributed by atoms with Gasteiger partial charge in [0.15, 0.2) is 0 Å². The number of hydrogen-bond donors (Lipinski definition) is 2. The van der Waals surface area contributed by atoms with Gasteiger partial charge in [0.1, 0.15) is 5.82 Å². The molecule has 1 aromatic heterocycles. The number of nitrogens with one attached hydrogen (secondary N) is 2. The van der Waals surface area contributed by atoms with Gasteiger partial charge < -0.3 is 10.6 Å². The van der Waals surface area contributed by atoms with E-state index in [0.29, 0.717) is 5.69 Å². The maximum atomic E-state index is 12.7. The van der Waals surface area contributed by atoms with Crippen molar-refractivity contribution in [3.05, 3.63) is 60.2 Å². The molecule has 0 saturated heterocycles. The van der Waals surface area contributed by atoms with Gasteiger partial charge >= 0.3 is 0 Å². The number of hydrogen-bond acceptors (Lipinski definition) is 3. The summed E-state index contributed by atoms with van der Waals surface area (Å²) in [5.74, 6) is -0.495. The van der Waals surface area contributed by atoms with Crippen LogP contribution in [-0.4, -0.2) is 17.4 Å². The molecule has 0 aliphatic carbocycles. The fourth-order valence-electron chi connectivity index (χ4n) is 1.75. The van der Waals surface area contributed by atoms with Crippen molar-refractivity contribution in [3.8, 4) is 0 Å². The van der Waals surface area contributed by atoms with E-state index in [9.17, 15) is 9.18 Å². The standard InChI is InChI=1S/C15H16FN3O/c1-11(12-6-8-17-9-7-12)18-10-15(20)19-14-4-2-13(16)3-5-14/h2-9,11,18H,10H2,1H3,(H,19,20). The lowest BCUT2D eigenvalue weighted by atomic mass is 10.1. The van der Waals surface area contributed by atoms with Gasteiger partial charge in [0, 0.05) is 24.1 Å². The van der Waals surface area contributed by atoms with Crippen molar-refractivity contribution in [2.75, 3.05) is 11.9 Å². The van der Waals surface area contributed by atoms with Crippen LogP contribution in [0.25, 0.3) is 0 Å². The highest BCUT2D eigenvalue weighted by Gasteiger charge is 2.07. The number of nitrogens with zero attached hydrogens (tertiary/aromatic N) is 1. The van der Waals surface area contributed by atoms with Gasteiger partial charge in [-0.2, -0.15) is 0 Å². The number of benzene rings is 1. The minimum Gasteiger partial charge on any atom is -0.325 e. The second kappa shape index (κ2) is 6.77. The molecule has 0 spiro atoms. The zero-order valence-corrected chi connectivity index (χ0v) is 11.1. The van der Waals surface area contributed by atoms with Crippen LogP contribution in [0.4, 0.5) is 10.1 Å². The maximum Gasteiger partial charge on any atom is 0.238 e. The lowest BCUT2D eigenvalue weighted by Crippen LogP contribution is -2.30. The first kappa shape index (κ1) is 14.1. The Morgan fingerprint density at radius 2 is 1.85 bits per heavy atom. The van der Waals surface area contributed by atoms with Crippen molar-refractivity contribution in [3.63, 3.8) is 0 Å². The van der Waals surface area contributed by atoms with E-state index in [1.165, 1.54) is 24.3 Å². The molecule has 2 N–H and O–H groups in total. The van der Waals surface area contributed by atoms with E-state index >= 15 is 0 Å². The SMILES string of the molecule is CC(NCC(=O)Nc1ccc(F)cc1)c1ccncc1. The number of carbonyl (C=O) groups excluding carboxylic acids is 1. The molecule has 1 unspecified atom stereocenters. The Morgan fingerprint density at radius 1 is 1.20 bits per heavy atom. The van der Waals surface area contributed by atoms with E-state index in [2.05, 4.69) is 15.6 Å². The Kier molecular flexibility index (Phi) is 4.79. The molecule has 1 aromatic carbocycles. The fourth-order valence-corrected chi connectivity index (χ4v) is 1.75. The van der Waals surface area contributed by atoms with Gasteiger partial charge in [-0.25, -0.2) is 4.39 Å². The van der Waals surface area contributed by atoms with E-state index in [0.717, 1.165) is 5.56 Å². The Bertz CT molecular complexity index is 557. The lowest BCUT2D eigenvalue weighted by Gasteiger charge is -2.13. The molecule has 0 radical (unpaired) electrons. The van der Waals surface area contributed by atoms with Crippen LogP contribution in [0.1, 0.15) is 18.5 Å². The first-order valence-corrected chi connectivity index (χ1v) is 6.34. The van der Waals surface area contributed by atoms with Gasteiger partial charge in [0.05, 0.1) is 6.54 Å². The van der Waals surface area contributed by atoms with Crippen molar-refractivity contribution < 1.29 is 9.18 Å². The van der Waals surface area contributed by atoms with Crippen molar-refractivity contribution >= 4 is 11.6 Å². The average Bonchev–Trinajstić information content (AvgIpc) is 2.48. The van der Waals surface area contributed by atoms with Crippen LogP contribution in [-0.2, 0) is 4.79 Å². The third kappa shape index (κ3) is 4.13. The van der Waals surface area contributed by atoms with Crippen molar-refractivity contribution in [2.45, 2.75) is 13.0 Å². The molecule has 1 heterocycles. The van der Waals surface area contributed by atoms with Gasteiger partial charge in [0.25, 0.3) is 0 Å². The zero-order valence-electron chi connectivity index (χ0n) is 11.1. The summed E-state index contributed by atoms with van der Waals surface area (Å²) in [7, 11) is 0. The highest BCUT2D eigenvalue weighted by molar-refractivity contribution is 5.92. The van der Waals surface area contributed by atoms with Crippen molar-refractivity contribution in [2.24, 2.45) is 0 Å². The summed E-state index contributed by atoms with van der Waals surface area (Å²) in [6.45, 7) is 2.15. The molecule has 0 saturated carbocycles. The molecule has 1 atom stereocenters. The summed E-state index contributed by atoms with van der Waals surface area (Å²) in [5, 5.41) is 5.81. The molecule has 0 aliphatic rings. The van der Waals surface area contributed by atoms with Crippen LogP contribution in [0.3, 0.4) is 0 Å². The summed E-state index contributed by atoms with van der Waals surface area (Å²) < 4.78 is 12.7. The summed E-state index contributed by atoms with van der Waals surface area (Å²) >= 11 is 0. The number of amides is 1. The third-order valence-corrected chi connectivity index (χ3v) is 2.90. The molecule has 104 valence electrons. The Balaban J connectivity index is 1.82. The highest BCUT2D eigenvalue weighted by atomic mass is 19.1. The quantitative estimate of drug-likeness (QED) is 0.880. The smallest absolute Gasteiger partial charge is 0.238 e. The molecule has 0 aliphatic heterocycles. The molecule has 1 amide bonds. The second-order valence-electron chi connectivity index (χ2n) is 4.44. The molecule has 0 bridgehead atoms. The number of carbonyl (C=O) groups is 1. The van der Waals surface area contributed by atoms with E-state index in [1.807, 2.05) is 19.1 Å². The Hall–Kier alpha value is -2.27. The number of anilines is 1. The predicted octanol–water partition coefficient (Wildman–Crippen LogP) is 2.51. The second-order valence-corrected chi connectivity index (χ2v) is 4.44. The molecule has 5 heteroatoms. The van der Waals surface area contributed by atoms with Crippen LogP contribution in [0.15, 0.2) is 48.8 Å². The van der Waals surface area contributed by atoms with Crippen molar-refractivity contribution in [1.29, 1.82) is 0 Å². The first-order valence-electron chi connectivity index (χ1n) is 6.34. The lowest BCUT2D eigenvalue weighted by molar-refractivity contribution is -0.115. The molecule has 2 aromatic rings. The number of rotatable bonds is 5. The molecular weight excluding hydrogens is 257 g/mol. The number of halogens is 1. The summed E-state index contributed by atoms with van der Waals surface area (Å²) in [5.41, 5.74) is 1.64. The van der Waals surface area contributed by atoms with Crippen LogP contribution in [0.2, 0.25) is 0 Å². The predicted molar refractivity (Wildman–Crippen MR) is 75.7 cm³/mol. The Morgan fingerprint density at radius 3 is 2.50 bits per heavy atom. The van der Waals surface area contributed by atoms with Gasteiger partial charge in [0.2, 0.25) is 5.91 Å². The topological polar surface area (TPSA) is 54.0 Å². The summed E-state index contributed by atoms with van der Waals surface area (Å²) in [4.78, 5) is 15.7. The Labute approximate surface area is 117 Å². The van der Waals surface area contributed by atoms with Gasteiger partial charge in [-0.3, -0.25) is 9.78 Å². The number of aromatic nitrogens is 1. The largest absolute Gasteiger partial charge is 0.325 e.